The first-order valence-electron chi connectivity index (χ1n) is 7.30. The van der Waals surface area contributed by atoms with Crippen LogP contribution in [0.3, 0.4) is 0 Å². The number of hydrogen-bond donors (Lipinski definition) is 2. The van der Waals surface area contributed by atoms with E-state index in [0.717, 1.165) is 31.7 Å². The molecule has 0 atom stereocenters. The molecule has 1 aliphatic carbocycles. The van der Waals surface area contributed by atoms with Gasteiger partial charge in [0.2, 0.25) is 5.95 Å². The highest BCUT2D eigenvalue weighted by Gasteiger charge is 2.34. The summed E-state index contributed by atoms with van der Waals surface area (Å²) in [5.41, 5.74) is -0.947. The molecule has 1 aromatic heterocycles. The van der Waals surface area contributed by atoms with Crippen molar-refractivity contribution >= 4 is 11.8 Å². The fourth-order valence-corrected chi connectivity index (χ4v) is 2.55. The quantitative estimate of drug-likeness (QED) is 0.893. The fourth-order valence-electron chi connectivity index (χ4n) is 2.55. The zero-order chi connectivity index (χ0) is 16.3. The lowest BCUT2D eigenvalue weighted by atomic mass is 9.87. The van der Waals surface area contributed by atoms with E-state index in [1.54, 1.807) is 14.1 Å². The number of rotatable bonds is 4. The summed E-state index contributed by atoms with van der Waals surface area (Å²) in [6, 6.07) is 0.981. The lowest BCUT2D eigenvalue weighted by molar-refractivity contribution is -0.141. The van der Waals surface area contributed by atoms with Gasteiger partial charge in [-0.2, -0.15) is 18.2 Å². The van der Waals surface area contributed by atoms with E-state index in [-0.39, 0.29) is 30.3 Å². The molecule has 0 radical (unpaired) electrons. The minimum Gasteiger partial charge on any atom is -0.396 e. The van der Waals surface area contributed by atoms with Gasteiger partial charge < -0.3 is 15.3 Å². The van der Waals surface area contributed by atoms with Gasteiger partial charge in [0, 0.05) is 32.8 Å². The monoisotopic (exact) mass is 318 g/mol. The first-order valence-corrected chi connectivity index (χ1v) is 7.30. The molecular formula is C14H21F3N4O. The largest absolute Gasteiger partial charge is 0.433 e. The molecule has 0 saturated heterocycles. The minimum atomic E-state index is -4.50. The molecule has 1 fully saturated rings. The number of anilines is 2. The van der Waals surface area contributed by atoms with E-state index in [9.17, 15) is 13.2 Å². The number of nitrogens with one attached hydrogen (secondary N) is 1. The van der Waals surface area contributed by atoms with Crippen LogP contribution in [-0.2, 0) is 6.18 Å². The highest BCUT2D eigenvalue weighted by molar-refractivity contribution is 5.44. The summed E-state index contributed by atoms with van der Waals surface area (Å²) in [6.07, 6.45) is -1.20. The third-order valence-electron chi connectivity index (χ3n) is 3.90. The molecule has 2 rings (SSSR count). The molecule has 0 amide bonds. The number of aromatic nitrogens is 2. The van der Waals surface area contributed by atoms with E-state index in [1.807, 2.05) is 0 Å². The van der Waals surface area contributed by atoms with E-state index < -0.39 is 11.9 Å². The second-order valence-corrected chi connectivity index (χ2v) is 5.87. The van der Waals surface area contributed by atoms with E-state index in [1.165, 1.54) is 4.90 Å². The summed E-state index contributed by atoms with van der Waals surface area (Å²) in [4.78, 5) is 9.25. The highest BCUT2D eigenvalue weighted by Crippen LogP contribution is 2.31. The Balaban J connectivity index is 2.15. The summed E-state index contributed by atoms with van der Waals surface area (Å²) in [7, 11) is 3.28. The van der Waals surface area contributed by atoms with E-state index in [4.69, 9.17) is 5.11 Å². The normalized spacial score (nSPS) is 22.5. The molecule has 0 aromatic carbocycles. The average molecular weight is 318 g/mol. The van der Waals surface area contributed by atoms with Gasteiger partial charge in [0.25, 0.3) is 0 Å². The van der Waals surface area contributed by atoms with Gasteiger partial charge in [0.05, 0.1) is 0 Å². The van der Waals surface area contributed by atoms with Gasteiger partial charge >= 0.3 is 6.18 Å². The number of alkyl halides is 3. The van der Waals surface area contributed by atoms with Crippen LogP contribution in [-0.4, -0.2) is 41.8 Å². The SMILES string of the molecule is CN(C)c1cc(C(F)(F)F)nc(NC2CCC(CO)CC2)n1. The Bertz CT molecular complexity index is 499. The van der Waals surface area contributed by atoms with Crippen LogP contribution in [0, 0.1) is 5.92 Å². The molecule has 5 nitrogen and oxygen atoms in total. The van der Waals surface area contributed by atoms with Crippen molar-refractivity contribution < 1.29 is 18.3 Å². The molecule has 2 N–H and O–H groups in total. The lowest BCUT2D eigenvalue weighted by Gasteiger charge is -2.28. The standard InChI is InChI=1S/C14H21F3N4O/c1-21(2)12-7-11(14(15,16)17)19-13(20-12)18-10-5-3-9(8-22)4-6-10/h7,9-10,22H,3-6,8H2,1-2H3,(H,18,19,20). The van der Waals surface area contributed by atoms with Gasteiger partial charge in [-0.1, -0.05) is 0 Å². The van der Waals surface area contributed by atoms with Gasteiger partial charge in [-0.25, -0.2) is 4.98 Å². The Labute approximate surface area is 127 Å². The van der Waals surface area contributed by atoms with Gasteiger partial charge in [0.15, 0.2) is 5.69 Å². The maximum atomic E-state index is 12.9. The zero-order valence-electron chi connectivity index (χ0n) is 12.7. The van der Waals surface area contributed by atoms with Crippen LogP contribution in [0.2, 0.25) is 0 Å². The maximum absolute atomic E-state index is 12.9. The van der Waals surface area contributed by atoms with Crippen molar-refractivity contribution in [3.8, 4) is 0 Å². The smallest absolute Gasteiger partial charge is 0.396 e. The van der Waals surface area contributed by atoms with Crippen molar-refractivity contribution in [3.05, 3.63) is 11.8 Å². The second-order valence-electron chi connectivity index (χ2n) is 5.87. The Morgan fingerprint density at radius 3 is 2.36 bits per heavy atom. The van der Waals surface area contributed by atoms with Crippen molar-refractivity contribution in [3.63, 3.8) is 0 Å². The molecule has 1 aromatic rings. The fraction of sp³-hybridized carbons (Fsp3) is 0.714. The number of aliphatic hydroxyl groups is 1. The third-order valence-corrected chi connectivity index (χ3v) is 3.90. The van der Waals surface area contributed by atoms with Crippen LogP contribution in [0.5, 0.6) is 0 Å². The van der Waals surface area contributed by atoms with E-state index in [2.05, 4.69) is 15.3 Å². The molecule has 22 heavy (non-hydrogen) atoms. The van der Waals surface area contributed by atoms with Crippen molar-refractivity contribution in [1.29, 1.82) is 0 Å². The zero-order valence-corrected chi connectivity index (χ0v) is 12.7. The number of halogens is 3. The van der Waals surface area contributed by atoms with Crippen LogP contribution < -0.4 is 10.2 Å². The van der Waals surface area contributed by atoms with E-state index in [0.29, 0.717) is 0 Å². The summed E-state index contributed by atoms with van der Waals surface area (Å²) < 4.78 is 38.8. The molecule has 0 unspecified atom stereocenters. The Kier molecular flexibility index (Phi) is 5.10. The number of nitrogens with zero attached hydrogens (tertiary/aromatic N) is 3. The topological polar surface area (TPSA) is 61.3 Å². The molecule has 1 heterocycles. The Morgan fingerprint density at radius 1 is 1.23 bits per heavy atom. The summed E-state index contributed by atoms with van der Waals surface area (Å²) in [5, 5.41) is 12.1. The van der Waals surface area contributed by atoms with E-state index >= 15 is 0 Å². The van der Waals surface area contributed by atoms with Crippen LogP contribution >= 0.6 is 0 Å². The number of aliphatic hydroxyl groups excluding tert-OH is 1. The molecule has 1 aliphatic rings. The van der Waals surface area contributed by atoms with Crippen LogP contribution in [0.1, 0.15) is 31.4 Å². The van der Waals surface area contributed by atoms with Crippen LogP contribution in [0.15, 0.2) is 6.07 Å². The maximum Gasteiger partial charge on any atom is 0.433 e. The van der Waals surface area contributed by atoms with Gasteiger partial charge in [0.1, 0.15) is 5.82 Å². The van der Waals surface area contributed by atoms with Crippen LogP contribution in [0.25, 0.3) is 0 Å². The predicted molar refractivity (Wildman–Crippen MR) is 77.8 cm³/mol. The highest BCUT2D eigenvalue weighted by atomic mass is 19.4. The molecule has 0 bridgehead atoms. The summed E-state index contributed by atoms with van der Waals surface area (Å²) in [5.74, 6) is 0.512. The predicted octanol–water partition coefficient (Wildman–Crippen LogP) is 2.52. The van der Waals surface area contributed by atoms with Gasteiger partial charge in [-0.05, 0) is 31.6 Å². The van der Waals surface area contributed by atoms with Gasteiger partial charge in [-0.3, -0.25) is 0 Å². The average Bonchev–Trinajstić information content (AvgIpc) is 2.46. The summed E-state index contributed by atoms with van der Waals surface area (Å²) >= 11 is 0. The molecule has 0 spiro atoms. The molecule has 0 aliphatic heterocycles. The molecule has 8 heteroatoms. The van der Waals surface area contributed by atoms with Crippen molar-refractivity contribution in [2.24, 2.45) is 5.92 Å². The van der Waals surface area contributed by atoms with Crippen molar-refractivity contribution in [1.82, 2.24) is 9.97 Å². The van der Waals surface area contributed by atoms with Crippen molar-refractivity contribution in [2.75, 3.05) is 30.9 Å². The Morgan fingerprint density at radius 2 is 1.86 bits per heavy atom. The van der Waals surface area contributed by atoms with Gasteiger partial charge in [-0.15, -0.1) is 0 Å². The lowest BCUT2D eigenvalue weighted by Crippen LogP contribution is -2.29. The molecule has 1 saturated carbocycles. The summed E-state index contributed by atoms with van der Waals surface area (Å²) in [6.45, 7) is 0.164. The third kappa shape index (κ3) is 4.22. The van der Waals surface area contributed by atoms with Crippen LogP contribution in [0.4, 0.5) is 24.9 Å². The first kappa shape index (κ1) is 16.8. The second kappa shape index (κ2) is 6.68. The molecule has 124 valence electrons. The molecular weight excluding hydrogens is 297 g/mol. The number of hydrogen-bond acceptors (Lipinski definition) is 5. The van der Waals surface area contributed by atoms with Crippen molar-refractivity contribution in [2.45, 2.75) is 37.9 Å². The first-order chi connectivity index (χ1) is 10.3. The minimum absolute atomic E-state index is 0.00553. The Hall–Kier alpha value is -1.57.